The summed E-state index contributed by atoms with van der Waals surface area (Å²) in [6.45, 7) is 7.42. The second-order valence-corrected chi connectivity index (χ2v) is 7.43. The minimum absolute atomic E-state index is 0.0692. The van der Waals surface area contributed by atoms with Gasteiger partial charge in [-0.2, -0.15) is 0 Å². The summed E-state index contributed by atoms with van der Waals surface area (Å²) in [5.74, 6) is 0.463. The molecular formula is C17H28O4. The molecule has 2 aliphatic heterocycles. The predicted octanol–water partition coefficient (Wildman–Crippen LogP) is 3.29. The Labute approximate surface area is 127 Å². The van der Waals surface area contributed by atoms with Crippen LogP contribution >= 0.6 is 0 Å². The first-order valence-electron chi connectivity index (χ1n) is 8.51. The van der Waals surface area contributed by atoms with Gasteiger partial charge in [0.15, 0.2) is 0 Å². The molecule has 3 aliphatic rings. The highest BCUT2D eigenvalue weighted by Gasteiger charge is 2.54. The molecule has 0 unspecified atom stereocenters. The normalized spacial score (nSPS) is 44.3. The van der Waals surface area contributed by atoms with E-state index in [-0.39, 0.29) is 18.2 Å². The van der Waals surface area contributed by atoms with E-state index in [9.17, 15) is 4.79 Å². The van der Waals surface area contributed by atoms with Gasteiger partial charge in [-0.25, -0.2) is 0 Å². The van der Waals surface area contributed by atoms with Gasteiger partial charge < -0.3 is 14.2 Å². The number of carbonyl (C=O) groups excluding carboxylic acids is 1. The van der Waals surface area contributed by atoms with Crippen LogP contribution < -0.4 is 0 Å². The lowest BCUT2D eigenvalue weighted by Gasteiger charge is -2.51. The van der Waals surface area contributed by atoms with Crippen LogP contribution in [-0.2, 0) is 19.0 Å². The molecule has 1 spiro atoms. The molecule has 0 aromatic carbocycles. The quantitative estimate of drug-likeness (QED) is 0.734. The molecule has 5 atom stereocenters. The number of hydrogen-bond acceptors (Lipinski definition) is 4. The van der Waals surface area contributed by atoms with Gasteiger partial charge in [-0.05, 0) is 37.5 Å². The zero-order valence-corrected chi connectivity index (χ0v) is 13.5. The molecular weight excluding hydrogens is 268 g/mol. The second-order valence-electron chi connectivity index (χ2n) is 7.43. The van der Waals surface area contributed by atoms with E-state index in [0.717, 1.165) is 32.3 Å². The van der Waals surface area contributed by atoms with E-state index < -0.39 is 5.79 Å². The van der Waals surface area contributed by atoms with Gasteiger partial charge in [0, 0.05) is 18.9 Å². The molecule has 4 nitrogen and oxygen atoms in total. The van der Waals surface area contributed by atoms with Crippen molar-refractivity contribution in [2.75, 3.05) is 6.61 Å². The summed E-state index contributed by atoms with van der Waals surface area (Å²) in [5, 5.41) is 0. The molecule has 3 rings (SSSR count). The maximum Gasteiger partial charge on any atom is 0.311 e. The van der Waals surface area contributed by atoms with E-state index >= 15 is 0 Å². The molecule has 3 fully saturated rings. The molecule has 1 aliphatic carbocycles. The smallest absolute Gasteiger partial charge is 0.311 e. The van der Waals surface area contributed by atoms with Crippen LogP contribution in [0, 0.1) is 17.8 Å². The number of esters is 1. The topological polar surface area (TPSA) is 44.8 Å². The van der Waals surface area contributed by atoms with Gasteiger partial charge in [0.1, 0.15) is 0 Å². The first-order chi connectivity index (χ1) is 10.00. The largest absolute Gasteiger partial charge is 0.433 e. The lowest BCUT2D eigenvalue weighted by Crippen LogP contribution is -2.57. The van der Waals surface area contributed by atoms with E-state index in [1.807, 2.05) is 0 Å². The van der Waals surface area contributed by atoms with Crippen molar-refractivity contribution in [2.24, 2.45) is 17.8 Å². The molecule has 0 aromatic heterocycles. The van der Waals surface area contributed by atoms with Crippen molar-refractivity contribution in [1.29, 1.82) is 0 Å². The summed E-state index contributed by atoms with van der Waals surface area (Å²) in [5.41, 5.74) is 0. The van der Waals surface area contributed by atoms with Crippen LogP contribution in [0.25, 0.3) is 0 Å². The van der Waals surface area contributed by atoms with Gasteiger partial charge in [-0.15, -0.1) is 0 Å². The standard InChI is InChI=1S/C17H28O4/c1-11(2)13-7-6-12(3)10-17(13)20-15(9-16(18)21-17)14-5-4-8-19-14/h11-15H,4-10H2,1-3H3/t12-,13+,14+,15+,17-/m1/s1. The molecule has 0 radical (unpaired) electrons. The molecule has 0 bridgehead atoms. The maximum absolute atomic E-state index is 12.2. The number of rotatable bonds is 2. The summed E-state index contributed by atoms with van der Waals surface area (Å²) >= 11 is 0. The van der Waals surface area contributed by atoms with Gasteiger partial charge in [0.2, 0.25) is 5.79 Å². The van der Waals surface area contributed by atoms with Crippen LogP contribution in [0.4, 0.5) is 0 Å². The molecule has 0 N–H and O–H groups in total. The molecule has 2 heterocycles. The fourth-order valence-corrected chi connectivity index (χ4v) is 4.34. The minimum Gasteiger partial charge on any atom is -0.433 e. The highest BCUT2D eigenvalue weighted by molar-refractivity contribution is 5.71. The van der Waals surface area contributed by atoms with Gasteiger partial charge in [0.05, 0.1) is 18.6 Å². The Morgan fingerprint density at radius 3 is 2.67 bits per heavy atom. The van der Waals surface area contributed by atoms with E-state index in [0.29, 0.717) is 24.2 Å². The molecule has 1 saturated carbocycles. The van der Waals surface area contributed by atoms with Crippen molar-refractivity contribution in [3.8, 4) is 0 Å². The van der Waals surface area contributed by atoms with Crippen molar-refractivity contribution >= 4 is 5.97 Å². The summed E-state index contributed by atoms with van der Waals surface area (Å²) in [7, 11) is 0. The molecule has 120 valence electrons. The van der Waals surface area contributed by atoms with Crippen LogP contribution in [0.2, 0.25) is 0 Å². The summed E-state index contributed by atoms with van der Waals surface area (Å²) in [6, 6.07) is 0. The second kappa shape index (κ2) is 5.88. The van der Waals surface area contributed by atoms with Gasteiger partial charge in [-0.1, -0.05) is 20.8 Å². The van der Waals surface area contributed by atoms with Crippen molar-refractivity contribution in [3.05, 3.63) is 0 Å². The molecule has 21 heavy (non-hydrogen) atoms. The average Bonchev–Trinajstić information content (AvgIpc) is 2.90. The molecule has 4 heteroatoms. The highest BCUT2D eigenvalue weighted by atomic mass is 16.7. The van der Waals surface area contributed by atoms with Gasteiger partial charge in [-0.3, -0.25) is 4.79 Å². The zero-order chi connectivity index (χ0) is 15.0. The minimum atomic E-state index is -0.711. The van der Waals surface area contributed by atoms with Crippen LogP contribution in [0.1, 0.15) is 59.3 Å². The Morgan fingerprint density at radius 1 is 1.19 bits per heavy atom. The number of carbonyl (C=O) groups is 1. The van der Waals surface area contributed by atoms with E-state index in [1.165, 1.54) is 6.42 Å². The average molecular weight is 296 g/mol. The van der Waals surface area contributed by atoms with Crippen LogP contribution in [0.5, 0.6) is 0 Å². The van der Waals surface area contributed by atoms with Crippen molar-refractivity contribution < 1.29 is 19.0 Å². The fraction of sp³-hybridized carbons (Fsp3) is 0.941. The first kappa shape index (κ1) is 15.3. The fourth-order valence-electron chi connectivity index (χ4n) is 4.34. The lowest BCUT2D eigenvalue weighted by atomic mass is 9.72. The Morgan fingerprint density at radius 2 is 2.00 bits per heavy atom. The van der Waals surface area contributed by atoms with Crippen molar-refractivity contribution in [2.45, 2.75) is 77.3 Å². The third kappa shape index (κ3) is 2.98. The SMILES string of the molecule is CC(C)[C@@H]1CC[C@@H](C)C[C@@]12OC(=O)C[C@@H]([C@@H]1CCCO1)O2. The number of ether oxygens (including phenoxy) is 3. The van der Waals surface area contributed by atoms with Gasteiger partial charge in [0.25, 0.3) is 0 Å². The van der Waals surface area contributed by atoms with Crippen molar-refractivity contribution in [3.63, 3.8) is 0 Å². The first-order valence-corrected chi connectivity index (χ1v) is 8.51. The Kier molecular flexibility index (Phi) is 4.28. The highest BCUT2D eigenvalue weighted by Crippen LogP contribution is 2.47. The third-order valence-electron chi connectivity index (χ3n) is 5.36. The van der Waals surface area contributed by atoms with Crippen LogP contribution in [-0.4, -0.2) is 30.6 Å². The summed E-state index contributed by atoms with van der Waals surface area (Å²) in [6.07, 6.45) is 5.43. The maximum atomic E-state index is 12.2. The molecule has 0 amide bonds. The predicted molar refractivity (Wildman–Crippen MR) is 78.6 cm³/mol. The molecule has 0 aromatic rings. The number of hydrogen-bond donors (Lipinski definition) is 0. The van der Waals surface area contributed by atoms with Gasteiger partial charge >= 0.3 is 5.97 Å². The van der Waals surface area contributed by atoms with Crippen molar-refractivity contribution in [1.82, 2.24) is 0 Å². The summed E-state index contributed by atoms with van der Waals surface area (Å²) < 4.78 is 18.0. The van der Waals surface area contributed by atoms with E-state index in [2.05, 4.69) is 20.8 Å². The Bertz CT molecular complexity index is 388. The zero-order valence-electron chi connectivity index (χ0n) is 13.5. The molecule has 2 saturated heterocycles. The van der Waals surface area contributed by atoms with Crippen LogP contribution in [0.15, 0.2) is 0 Å². The van der Waals surface area contributed by atoms with Crippen LogP contribution in [0.3, 0.4) is 0 Å². The van der Waals surface area contributed by atoms with E-state index in [4.69, 9.17) is 14.2 Å². The Balaban J connectivity index is 1.83. The summed E-state index contributed by atoms with van der Waals surface area (Å²) in [4.78, 5) is 12.2. The monoisotopic (exact) mass is 296 g/mol. The van der Waals surface area contributed by atoms with E-state index in [1.54, 1.807) is 0 Å². The lowest BCUT2D eigenvalue weighted by molar-refractivity contribution is -0.326. The Hall–Kier alpha value is -0.610. The third-order valence-corrected chi connectivity index (χ3v) is 5.36.